The van der Waals surface area contributed by atoms with Crippen LogP contribution in [0.1, 0.15) is 89.9 Å². The van der Waals surface area contributed by atoms with Gasteiger partial charge in [0.25, 0.3) is 0 Å². The number of halogens is 2. The molecule has 438 valence electrons. The molecule has 0 unspecified atom stereocenters. The lowest BCUT2D eigenvalue weighted by molar-refractivity contribution is -0.139. The maximum atomic E-state index is 13.1. The number of Topliss-reactive ketones (excluding diaryl/α,β-unsaturated/α-hetero) is 2. The number of carbonyl (C=O) groups excluding carboxylic acids is 2. The van der Waals surface area contributed by atoms with Gasteiger partial charge in [0.2, 0.25) is 0 Å². The molecule has 0 spiro atoms. The SMILES string of the molecule is CC(=O)[C@@H](OC(C)(C)C)c1c(C)cc2nc(-c3ccnc(-c4ccc5nc(N)ccc5c4)c3)sc2c1-c1ccc(Cl)cc1.CNc1ccc2cc(-c3cc(-c4nc5cc(C)c([C@H](OC(C)(C)C)C(C)=O)c(-c6ccc(Cl)cc6)c5s4)ccn3)ccc2n1. The first kappa shape index (κ1) is 60.4. The summed E-state index contributed by atoms with van der Waals surface area (Å²) in [5, 5.41) is 8.14. The van der Waals surface area contributed by atoms with Gasteiger partial charge in [-0.3, -0.25) is 19.6 Å². The van der Waals surface area contributed by atoms with Crippen LogP contribution in [0, 0.1) is 13.8 Å². The first-order valence-electron chi connectivity index (χ1n) is 28.4. The van der Waals surface area contributed by atoms with Gasteiger partial charge in [0.15, 0.2) is 11.6 Å². The first-order valence-corrected chi connectivity index (χ1v) is 30.8. The van der Waals surface area contributed by atoms with Crippen LogP contribution in [0.4, 0.5) is 11.6 Å². The average Bonchev–Trinajstić information content (AvgIpc) is 1.80. The van der Waals surface area contributed by atoms with Crippen molar-refractivity contribution in [3.8, 4) is 65.9 Å². The molecule has 0 amide bonds. The highest BCUT2D eigenvalue weighted by Crippen LogP contribution is 2.47. The van der Waals surface area contributed by atoms with Gasteiger partial charge in [-0.15, -0.1) is 22.7 Å². The smallest absolute Gasteiger partial charge is 0.163 e. The summed E-state index contributed by atoms with van der Waals surface area (Å²) in [5.74, 6) is 1.22. The minimum Gasteiger partial charge on any atom is -0.384 e. The number of rotatable bonds is 13. The maximum Gasteiger partial charge on any atom is 0.163 e. The molecule has 16 heteroatoms. The van der Waals surface area contributed by atoms with E-state index in [9.17, 15) is 9.59 Å². The fraction of sp³-hybridized carbons (Fsp3) is 0.211. The maximum absolute atomic E-state index is 13.1. The normalized spacial score (nSPS) is 12.6. The highest BCUT2D eigenvalue weighted by molar-refractivity contribution is 7.22. The Labute approximate surface area is 523 Å². The molecule has 3 N–H and O–H groups in total. The average molecular weight is 1230 g/mol. The fourth-order valence-corrected chi connectivity index (χ4v) is 13.2. The minimum absolute atomic E-state index is 0.0473. The molecule has 12 nitrogen and oxygen atoms in total. The quantitative estimate of drug-likeness (QED) is 0.112. The van der Waals surface area contributed by atoms with Crippen LogP contribution in [0.25, 0.3) is 108 Å². The highest BCUT2D eigenvalue weighted by atomic mass is 35.5. The number of ketones is 2. The van der Waals surface area contributed by atoms with Gasteiger partial charge in [0, 0.05) is 84.8 Å². The second-order valence-corrected chi connectivity index (χ2v) is 26.4. The Morgan fingerprint density at radius 2 is 0.908 bits per heavy atom. The van der Waals surface area contributed by atoms with E-state index in [1.54, 1.807) is 42.6 Å². The number of pyridine rings is 4. The van der Waals surface area contributed by atoms with Gasteiger partial charge in [0.05, 0.1) is 54.1 Å². The van der Waals surface area contributed by atoms with Gasteiger partial charge in [-0.25, -0.2) is 19.9 Å². The number of hydrogen-bond donors (Lipinski definition) is 2. The van der Waals surface area contributed by atoms with Gasteiger partial charge >= 0.3 is 0 Å². The fourth-order valence-electron chi connectivity index (χ4n) is 10.7. The van der Waals surface area contributed by atoms with Crippen LogP contribution >= 0.6 is 45.9 Å². The lowest BCUT2D eigenvalue weighted by Gasteiger charge is -2.29. The summed E-state index contributed by atoms with van der Waals surface area (Å²) in [7, 11) is 1.86. The number of thiazole rings is 2. The van der Waals surface area contributed by atoms with E-state index in [-0.39, 0.29) is 11.6 Å². The zero-order valence-electron chi connectivity index (χ0n) is 50.1. The van der Waals surface area contributed by atoms with Crippen molar-refractivity contribution in [1.82, 2.24) is 29.9 Å². The Kier molecular flexibility index (Phi) is 17.0. The Hall–Kier alpha value is -8.34. The van der Waals surface area contributed by atoms with E-state index in [0.717, 1.165) is 136 Å². The van der Waals surface area contributed by atoms with Gasteiger partial charge in [-0.05, 0) is 201 Å². The molecule has 87 heavy (non-hydrogen) atoms. The van der Waals surface area contributed by atoms with Gasteiger partial charge in [0.1, 0.15) is 33.9 Å². The molecule has 0 radical (unpaired) electrons. The number of ether oxygens (including phenoxy) is 2. The van der Waals surface area contributed by atoms with E-state index in [0.29, 0.717) is 15.9 Å². The van der Waals surface area contributed by atoms with Crippen LogP contribution in [0.15, 0.2) is 158 Å². The van der Waals surface area contributed by atoms with Crippen LogP contribution in [0.2, 0.25) is 10.0 Å². The largest absolute Gasteiger partial charge is 0.384 e. The van der Waals surface area contributed by atoms with E-state index in [2.05, 4.69) is 67.7 Å². The van der Waals surface area contributed by atoms with Crippen molar-refractivity contribution in [2.75, 3.05) is 18.1 Å². The number of nitrogens with two attached hydrogens (primary N) is 1. The van der Waals surface area contributed by atoms with Crippen LogP contribution in [0.3, 0.4) is 0 Å². The minimum atomic E-state index is -0.731. The number of aryl methyl sites for hydroxylation is 2. The van der Waals surface area contributed by atoms with Gasteiger partial charge in [-0.2, -0.15) is 0 Å². The molecule has 2 atom stereocenters. The molecule has 12 rings (SSSR count). The molecule has 0 aliphatic heterocycles. The number of aromatic nitrogens is 6. The van der Waals surface area contributed by atoms with E-state index in [1.807, 2.05) is 172 Å². The van der Waals surface area contributed by atoms with Crippen LogP contribution in [-0.2, 0) is 19.1 Å². The summed E-state index contributed by atoms with van der Waals surface area (Å²) in [6.45, 7) is 19.0. The summed E-state index contributed by atoms with van der Waals surface area (Å²) in [4.78, 5) is 54.7. The van der Waals surface area contributed by atoms with Crippen molar-refractivity contribution >= 4 is 111 Å². The van der Waals surface area contributed by atoms with Gasteiger partial charge in [-0.1, -0.05) is 59.6 Å². The zero-order chi connectivity index (χ0) is 61.6. The highest BCUT2D eigenvalue weighted by Gasteiger charge is 2.33. The Balaban J connectivity index is 0.000000180. The Bertz CT molecular complexity index is 4630. The van der Waals surface area contributed by atoms with Crippen molar-refractivity contribution in [3.63, 3.8) is 0 Å². The number of nitrogens with zero attached hydrogens (tertiary/aromatic N) is 6. The molecule has 12 aromatic rings. The lowest BCUT2D eigenvalue weighted by atomic mass is 9.90. The number of nitrogens with one attached hydrogen (secondary N) is 1. The second kappa shape index (κ2) is 24.4. The molecule has 0 aliphatic carbocycles. The Morgan fingerprint density at radius 3 is 1.32 bits per heavy atom. The van der Waals surface area contributed by atoms with E-state index in [1.165, 1.54) is 0 Å². The molecule has 0 bridgehead atoms. The van der Waals surface area contributed by atoms with Crippen molar-refractivity contribution < 1.29 is 19.1 Å². The number of anilines is 2. The van der Waals surface area contributed by atoms with Crippen LogP contribution in [-0.4, -0.2) is 59.7 Å². The molecule has 6 heterocycles. The molecule has 0 saturated carbocycles. The third-order valence-corrected chi connectivity index (χ3v) is 17.4. The third-order valence-electron chi connectivity index (χ3n) is 14.6. The topological polar surface area (TPSA) is 168 Å². The number of hydrogen-bond acceptors (Lipinski definition) is 14. The summed E-state index contributed by atoms with van der Waals surface area (Å²) in [5.41, 5.74) is 21.3. The molecule has 0 saturated heterocycles. The summed E-state index contributed by atoms with van der Waals surface area (Å²) < 4.78 is 14.7. The third kappa shape index (κ3) is 13.2. The van der Waals surface area contributed by atoms with Crippen molar-refractivity contribution in [2.45, 2.75) is 92.6 Å². The molecular weight excluding hydrogens is 1160 g/mol. The van der Waals surface area contributed by atoms with Gasteiger partial charge < -0.3 is 20.5 Å². The van der Waals surface area contributed by atoms with E-state index < -0.39 is 23.4 Å². The number of nitrogen functional groups attached to an aromatic ring is 1. The molecular formula is C71H64Cl2N8O4S2. The second-order valence-electron chi connectivity index (χ2n) is 23.5. The summed E-state index contributed by atoms with van der Waals surface area (Å²) in [6, 6.07) is 47.6. The van der Waals surface area contributed by atoms with Crippen LogP contribution in [0.5, 0.6) is 0 Å². The van der Waals surface area contributed by atoms with Crippen molar-refractivity contribution in [1.29, 1.82) is 0 Å². The Morgan fingerprint density at radius 1 is 0.494 bits per heavy atom. The lowest BCUT2D eigenvalue weighted by Crippen LogP contribution is -2.27. The number of benzene rings is 6. The summed E-state index contributed by atoms with van der Waals surface area (Å²) in [6.07, 6.45) is 2.17. The predicted octanol–water partition coefficient (Wildman–Crippen LogP) is 18.9. The van der Waals surface area contributed by atoms with E-state index in [4.69, 9.17) is 48.4 Å². The van der Waals surface area contributed by atoms with Crippen molar-refractivity contribution in [3.05, 3.63) is 190 Å². The standard InChI is InChI=1S/C36H33ClN4O2S.C35H31ClN4O2S/c1-20-17-29-34(32(22-7-11-26(37)12-8-22)31(20)33(21(2)42)43-36(3,4)5)44-35(41-29)25-15-16-39-28(19-25)24-9-13-27-23(18-24)10-14-30(38-6)40-27;1-19-16-28-33(31(21-6-10-25(36)11-7-21)30(19)32(20(2)41)42-35(3,4)5)43-34(40-28)24-14-15-38-27(18-24)23-8-12-26-22(17-23)9-13-29(37)39-26/h7-19,33H,1-6H3,(H,38,40);6-18,32H,1-5H3,(H2,37,39)/t33-;32-/m11/s1. The monoisotopic (exact) mass is 1230 g/mol. The summed E-state index contributed by atoms with van der Waals surface area (Å²) >= 11 is 15.7. The van der Waals surface area contributed by atoms with Crippen molar-refractivity contribution in [2.24, 2.45) is 0 Å². The molecule has 6 aromatic heterocycles. The van der Waals surface area contributed by atoms with E-state index >= 15 is 0 Å². The molecule has 6 aromatic carbocycles. The number of carbonyl (C=O) groups is 2. The number of fused-ring (bicyclic) bond motifs is 4. The predicted molar refractivity (Wildman–Crippen MR) is 360 cm³/mol. The first-order chi connectivity index (χ1) is 41.5. The van der Waals surface area contributed by atoms with Crippen LogP contribution < -0.4 is 11.1 Å². The molecule has 0 fully saturated rings. The molecule has 0 aliphatic rings. The zero-order valence-corrected chi connectivity index (χ0v) is 53.3.